The Kier molecular flexibility index (Phi) is 7.00. The fourth-order valence-electron chi connectivity index (χ4n) is 3.01. The van der Waals surface area contributed by atoms with Gasteiger partial charge in [0.1, 0.15) is 0 Å². The van der Waals surface area contributed by atoms with Gasteiger partial charge in [0.2, 0.25) is 0 Å². The van der Waals surface area contributed by atoms with Crippen molar-refractivity contribution in [1.29, 1.82) is 0 Å². The Morgan fingerprint density at radius 1 is 1.25 bits per heavy atom. The zero-order valence-electron chi connectivity index (χ0n) is 12.9. The van der Waals surface area contributed by atoms with Gasteiger partial charge in [-0.2, -0.15) is 11.8 Å². The quantitative estimate of drug-likeness (QED) is 0.623. The number of aliphatic imine (C=N–C) groups is 1. The molecule has 1 atom stereocenters. The highest BCUT2D eigenvalue weighted by Crippen LogP contribution is 2.18. The summed E-state index contributed by atoms with van der Waals surface area (Å²) < 4.78 is 0. The van der Waals surface area contributed by atoms with Crippen molar-refractivity contribution in [1.82, 2.24) is 9.80 Å². The van der Waals surface area contributed by atoms with E-state index in [0.717, 1.165) is 25.6 Å². The summed E-state index contributed by atoms with van der Waals surface area (Å²) in [5.41, 5.74) is 6.16. The molecule has 2 saturated heterocycles. The molecule has 5 heteroatoms. The van der Waals surface area contributed by atoms with Crippen LogP contribution in [0.25, 0.3) is 0 Å². The van der Waals surface area contributed by atoms with Crippen LogP contribution >= 0.6 is 11.8 Å². The monoisotopic (exact) mass is 298 g/mol. The number of nitrogens with zero attached hydrogens (tertiary/aromatic N) is 3. The van der Waals surface area contributed by atoms with Gasteiger partial charge in [0, 0.05) is 30.6 Å². The van der Waals surface area contributed by atoms with Crippen LogP contribution < -0.4 is 5.73 Å². The van der Waals surface area contributed by atoms with Crippen LogP contribution in [-0.4, -0.2) is 66.0 Å². The third-order valence-corrected chi connectivity index (χ3v) is 5.29. The Labute approximate surface area is 128 Å². The molecule has 1 unspecified atom stereocenters. The van der Waals surface area contributed by atoms with E-state index in [1.165, 1.54) is 56.7 Å². The van der Waals surface area contributed by atoms with Gasteiger partial charge in [-0.05, 0) is 32.4 Å². The highest BCUT2D eigenvalue weighted by molar-refractivity contribution is 7.99. The van der Waals surface area contributed by atoms with Gasteiger partial charge in [0.15, 0.2) is 5.96 Å². The standard InChI is InChI=1S/C15H30N4S/c1-2-3-7-18-8-5-4-6-14(18)13-17-15(16)19-9-11-20-12-10-19/h14H,2-13H2,1H3,(H2,16,17). The van der Waals surface area contributed by atoms with Crippen molar-refractivity contribution in [2.45, 2.75) is 45.1 Å². The number of hydrogen-bond donors (Lipinski definition) is 1. The van der Waals surface area contributed by atoms with Crippen LogP contribution in [0.5, 0.6) is 0 Å². The highest BCUT2D eigenvalue weighted by Gasteiger charge is 2.22. The number of unbranched alkanes of at least 4 members (excludes halogenated alkanes) is 1. The number of guanidine groups is 1. The van der Waals surface area contributed by atoms with E-state index >= 15 is 0 Å². The summed E-state index contributed by atoms with van der Waals surface area (Å²) in [6.45, 7) is 7.76. The van der Waals surface area contributed by atoms with Crippen molar-refractivity contribution in [3.05, 3.63) is 0 Å². The first kappa shape index (κ1) is 16.0. The third kappa shape index (κ3) is 4.85. The van der Waals surface area contributed by atoms with Gasteiger partial charge in [0.05, 0.1) is 6.54 Å². The van der Waals surface area contributed by atoms with Gasteiger partial charge in [-0.3, -0.25) is 9.89 Å². The molecule has 4 nitrogen and oxygen atoms in total. The minimum atomic E-state index is 0.619. The van der Waals surface area contributed by atoms with E-state index in [-0.39, 0.29) is 0 Å². The smallest absolute Gasteiger partial charge is 0.191 e. The topological polar surface area (TPSA) is 44.9 Å². The van der Waals surface area contributed by atoms with Crippen molar-refractivity contribution in [2.75, 3.05) is 44.2 Å². The molecule has 2 N–H and O–H groups in total. The van der Waals surface area contributed by atoms with Crippen LogP contribution in [0, 0.1) is 0 Å². The maximum Gasteiger partial charge on any atom is 0.191 e. The van der Waals surface area contributed by atoms with Crippen molar-refractivity contribution in [3.8, 4) is 0 Å². The normalized spacial score (nSPS) is 25.9. The van der Waals surface area contributed by atoms with E-state index in [1.54, 1.807) is 0 Å². The SMILES string of the molecule is CCCCN1CCCCC1CN=C(N)N1CCSCC1. The summed E-state index contributed by atoms with van der Waals surface area (Å²) in [5, 5.41) is 0. The second-order valence-electron chi connectivity index (χ2n) is 5.84. The highest BCUT2D eigenvalue weighted by atomic mass is 32.2. The molecule has 0 aliphatic carbocycles. The number of thioether (sulfide) groups is 1. The number of rotatable bonds is 5. The molecule has 0 saturated carbocycles. The molecule has 116 valence electrons. The first-order valence-electron chi connectivity index (χ1n) is 8.18. The Morgan fingerprint density at radius 2 is 2.05 bits per heavy atom. The third-order valence-electron chi connectivity index (χ3n) is 4.35. The molecule has 2 rings (SSSR count). The first-order valence-corrected chi connectivity index (χ1v) is 9.33. The fourth-order valence-corrected chi connectivity index (χ4v) is 3.92. The Morgan fingerprint density at radius 3 is 2.80 bits per heavy atom. The van der Waals surface area contributed by atoms with E-state index in [9.17, 15) is 0 Å². The lowest BCUT2D eigenvalue weighted by Gasteiger charge is -2.35. The minimum absolute atomic E-state index is 0.619. The van der Waals surface area contributed by atoms with Gasteiger partial charge in [0.25, 0.3) is 0 Å². The average molecular weight is 299 g/mol. The molecule has 0 amide bonds. The van der Waals surface area contributed by atoms with Crippen molar-refractivity contribution < 1.29 is 0 Å². The molecular formula is C15H30N4S. The molecule has 20 heavy (non-hydrogen) atoms. The summed E-state index contributed by atoms with van der Waals surface area (Å²) in [4.78, 5) is 9.58. The zero-order chi connectivity index (χ0) is 14.2. The number of likely N-dealkylation sites (tertiary alicyclic amines) is 1. The molecule has 2 fully saturated rings. The van der Waals surface area contributed by atoms with Crippen LogP contribution in [-0.2, 0) is 0 Å². The van der Waals surface area contributed by atoms with Crippen molar-refractivity contribution >= 4 is 17.7 Å². The van der Waals surface area contributed by atoms with E-state index < -0.39 is 0 Å². The van der Waals surface area contributed by atoms with Gasteiger partial charge < -0.3 is 10.6 Å². The molecule has 0 aromatic heterocycles. The molecule has 0 aromatic carbocycles. The zero-order valence-corrected chi connectivity index (χ0v) is 13.7. The summed E-state index contributed by atoms with van der Waals surface area (Å²) in [6.07, 6.45) is 6.57. The number of piperidine rings is 1. The summed E-state index contributed by atoms with van der Waals surface area (Å²) in [6, 6.07) is 0.619. The predicted molar refractivity (Wildman–Crippen MR) is 89.5 cm³/mol. The molecule has 2 aliphatic rings. The fraction of sp³-hybridized carbons (Fsp3) is 0.933. The summed E-state index contributed by atoms with van der Waals surface area (Å²) >= 11 is 2.01. The van der Waals surface area contributed by atoms with E-state index in [4.69, 9.17) is 10.7 Å². The molecule has 0 aromatic rings. The molecule has 0 radical (unpaired) electrons. The first-order chi connectivity index (χ1) is 9.81. The van der Waals surface area contributed by atoms with Crippen LogP contribution in [0.4, 0.5) is 0 Å². The van der Waals surface area contributed by atoms with E-state index in [2.05, 4.69) is 16.7 Å². The maximum atomic E-state index is 6.16. The van der Waals surface area contributed by atoms with Crippen LogP contribution in [0.3, 0.4) is 0 Å². The van der Waals surface area contributed by atoms with Crippen molar-refractivity contribution in [2.24, 2.45) is 10.7 Å². The van der Waals surface area contributed by atoms with Crippen molar-refractivity contribution in [3.63, 3.8) is 0 Å². The van der Waals surface area contributed by atoms with Crippen LogP contribution in [0.15, 0.2) is 4.99 Å². The lowest BCUT2D eigenvalue weighted by atomic mass is 10.0. The summed E-state index contributed by atoms with van der Waals surface area (Å²) in [7, 11) is 0. The second-order valence-corrected chi connectivity index (χ2v) is 7.06. The molecule has 2 heterocycles. The largest absolute Gasteiger partial charge is 0.370 e. The Bertz CT molecular complexity index is 302. The van der Waals surface area contributed by atoms with Gasteiger partial charge in [-0.1, -0.05) is 19.8 Å². The van der Waals surface area contributed by atoms with Crippen LogP contribution in [0.2, 0.25) is 0 Å². The van der Waals surface area contributed by atoms with Gasteiger partial charge >= 0.3 is 0 Å². The Hall–Kier alpha value is -0.420. The van der Waals surface area contributed by atoms with E-state index in [0.29, 0.717) is 6.04 Å². The number of hydrogen-bond acceptors (Lipinski definition) is 3. The molecule has 0 spiro atoms. The van der Waals surface area contributed by atoms with Gasteiger partial charge in [-0.25, -0.2) is 0 Å². The van der Waals surface area contributed by atoms with Gasteiger partial charge in [-0.15, -0.1) is 0 Å². The Balaban J connectivity index is 1.82. The van der Waals surface area contributed by atoms with Crippen LogP contribution in [0.1, 0.15) is 39.0 Å². The predicted octanol–water partition coefficient (Wildman–Crippen LogP) is 2.00. The number of nitrogens with two attached hydrogens (primary N) is 1. The lowest BCUT2D eigenvalue weighted by molar-refractivity contribution is 0.151. The average Bonchev–Trinajstić information content (AvgIpc) is 2.52. The molecule has 0 bridgehead atoms. The minimum Gasteiger partial charge on any atom is -0.370 e. The maximum absolute atomic E-state index is 6.16. The molecular weight excluding hydrogens is 268 g/mol. The lowest BCUT2D eigenvalue weighted by Crippen LogP contribution is -2.45. The molecule has 2 aliphatic heterocycles. The van der Waals surface area contributed by atoms with E-state index in [1.807, 2.05) is 11.8 Å². The second kappa shape index (κ2) is 8.78. The summed E-state index contributed by atoms with van der Waals surface area (Å²) in [5.74, 6) is 3.14.